The monoisotopic (exact) mass is 1550 g/mol. The number of rotatable bonds is 12. The number of hydrogen-bond donors (Lipinski definition) is 0. The van der Waals surface area contributed by atoms with E-state index in [0.29, 0.717) is 44.5 Å². The number of nitrogens with zero attached hydrogens (tertiary/aromatic N) is 10. The van der Waals surface area contributed by atoms with Crippen LogP contribution in [0, 0.1) is 0 Å². The summed E-state index contributed by atoms with van der Waals surface area (Å²) in [6.07, 6.45) is 5.29. The van der Waals surface area contributed by atoms with Crippen molar-refractivity contribution in [3.8, 4) is 135 Å². The molecule has 22 aromatic rings. The third-order valence-corrected chi connectivity index (χ3v) is 25.5. The van der Waals surface area contributed by atoms with Gasteiger partial charge in [0.25, 0.3) is 0 Å². The highest BCUT2D eigenvalue weighted by Gasteiger charge is 2.33. The average molecular weight is 1550 g/mol. The first-order valence-corrected chi connectivity index (χ1v) is 41.3. The summed E-state index contributed by atoms with van der Waals surface area (Å²) in [7, 11) is -3.59. The maximum atomic E-state index is 13.5. The Balaban J connectivity index is 0.000000142. The second-order valence-corrected chi connectivity index (χ2v) is 32.3. The van der Waals surface area contributed by atoms with Gasteiger partial charge < -0.3 is 9.13 Å². The van der Waals surface area contributed by atoms with Crippen LogP contribution in [0.1, 0.15) is 0 Å². The number of hydrogen-bond acceptors (Lipinski definition) is 11. The molecule has 14 aromatic carbocycles. The largest absolute Gasteiger partial charge is 0.309 e. The van der Waals surface area contributed by atoms with E-state index in [2.05, 4.69) is 262 Å². The smallest absolute Gasteiger partial charge is 0.207 e. The third kappa shape index (κ3) is 12.2. The standard InChI is InChI=1S/C55H34N4S.C49H30N6O2S/c1-2-12-36(13-3-1)48-34-49(46-22-9-14-37-17-11-31-56-53(37)46)58-55(57-48)40-16-8-15-38(32-40)39-27-30-51-47(33-39)43-18-4-6-23-50(43)59(51)41-28-25-35(26-29-41)42-20-10-21-45-44-19-5-7-24-52(44)60-54(42)45;56-58(57)45-17-4-2-13-38(45)39-24-22-35(30-46(39)58)33-10-9-11-36(28-33)55-43-16-3-1-12-37(43)40-29-34(23-25-44(40)55)31-18-20-32(21-19-31)47-52-48(41-14-5-7-26-50-41)54-49(53-47)42-15-6-8-27-51-42/h1-34H;1-30H. The van der Waals surface area contributed by atoms with Crippen molar-refractivity contribution in [2.45, 2.75) is 9.79 Å². The van der Waals surface area contributed by atoms with Crippen LogP contribution >= 0.6 is 11.3 Å². The highest BCUT2D eigenvalue weighted by molar-refractivity contribution is 7.92. The number of thiophene rings is 1. The quantitative estimate of drug-likeness (QED) is 0.116. The van der Waals surface area contributed by atoms with Gasteiger partial charge in [0, 0.05) is 110 Å². The van der Waals surface area contributed by atoms with Gasteiger partial charge in [0.05, 0.1) is 48.8 Å². The Hall–Kier alpha value is -15.4. The Morgan fingerprint density at radius 3 is 1.47 bits per heavy atom. The molecule has 0 unspecified atom stereocenters. The molecule has 9 heterocycles. The summed E-state index contributed by atoms with van der Waals surface area (Å²) in [5.74, 6) is 2.17. The lowest BCUT2D eigenvalue weighted by Crippen LogP contribution is -2.01. The van der Waals surface area contributed by atoms with Gasteiger partial charge in [-0.25, -0.2) is 33.3 Å². The second-order valence-electron chi connectivity index (χ2n) is 29.4. The zero-order valence-corrected chi connectivity index (χ0v) is 64.7. The predicted octanol–water partition coefficient (Wildman–Crippen LogP) is 25.7. The van der Waals surface area contributed by atoms with Crippen LogP contribution in [0.5, 0.6) is 0 Å². The van der Waals surface area contributed by atoms with E-state index in [0.717, 1.165) is 122 Å². The summed E-state index contributed by atoms with van der Waals surface area (Å²) in [4.78, 5) is 39.2. The minimum absolute atomic E-state index is 0.353. The number of sulfone groups is 1. The van der Waals surface area contributed by atoms with Crippen LogP contribution in [0.15, 0.2) is 398 Å². The molecule has 118 heavy (non-hydrogen) atoms. The van der Waals surface area contributed by atoms with Crippen LogP contribution in [0.3, 0.4) is 0 Å². The van der Waals surface area contributed by atoms with Crippen LogP contribution in [0.2, 0.25) is 0 Å². The molecule has 0 spiro atoms. The lowest BCUT2D eigenvalue weighted by Gasteiger charge is -2.12. The van der Waals surface area contributed by atoms with Crippen molar-refractivity contribution in [2.75, 3.05) is 0 Å². The minimum atomic E-state index is -3.59. The van der Waals surface area contributed by atoms with Crippen molar-refractivity contribution in [3.63, 3.8) is 0 Å². The molecule has 0 aliphatic carbocycles. The molecule has 8 aromatic heterocycles. The Morgan fingerprint density at radius 2 is 0.737 bits per heavy atom. The highest BCUT2D eigenvalue weighted by Crippen LogP contribution is 2.47. The molecular weight excluding hydrogens is 1490 g/mol. The van der Waals surface area contributed by atoms with Crippen LogP contribution in [-0.4, -0.2) is 57.4 Å². The lowest BCUT2D eigenvalue weighted by atomic mass is 10.00. The van der Waals surface area contributed by atoms with E-state index in [1.165, 1.54) is 53.1 Å². The van der Waals surface area contributed by atoms with Crippen molar-refractivity contribution in [1.29, 1.82) is 0 Å². The van der Waals surface area contributed by atoms with Gasteiger partial charge >= 0.3 is 0 Å². The molecule has 0 saturated heterocycles. The summed E-state index contributed by atoms with van der Waals surface area (Å²) in [5, 5.41) is 8.41. The fraction of sp³-hybridized carbons (Fsp3) is 0. The van der Waals surface area contributed by atoms with Gasteiger partial charge in [-0.3, -0.25) is 15.0 Å². The normalized spacial score (nSPS) is 12.2. The molecule has 0 radical (unpaired) electrons. The molecule has 0 saturated carbocycles. The van der Waals surface area contributed by atoms with Crippen molar-refractivity contribution in [3.05, 3.63) is 389 Å². The van der Waals surface area contributed by atoms with Gasteiger partial charge in [0.2, 0.25) is 9.84 Å². The van der Waals surface area contributed by atoms with Gasteiger partial charge in [-0.2, -0.15) is 0 Å². The van der Waals surface area contributed by atoms with E-state index >= 15 is 0 Å². The molecule has 1 aliphatic heterocycles. The molecule has 0 atom stereocenters. The van der Waals surface area contributed by atoms with Gasteiger partial charge in [0.1, 0.15) is 11.4 Å². The maximum absolute atomic E-state index is 13.5. The first-order valence-electron chi connectivity index (χ1n) is 39.0. The predicted molar refractivity (Wildman–Crippen MR) is 480 cm³/mol. The van der Waals surface area contributed by atoms with Gasteiger partial charge in [-0.1, -0.05) is 249 Å². The molecule has 0 amide bonds. The first-order chi connectivity index (χ1) is 58.2. The molecular formula is C104H64N10O2S2. The number of benzene rings is 14. The molecule has 23 rings (SSSR count). The van der Waals surface area contributed by atoms with Crippen LogP contribution in [0.4, 0.5) is 0 Å². The van der Waals surface area contributed by atoms with Crippen molar-refractivity contribution >= 4 is 95.9 Å². The number of para-hydroxylation sites is 3. The average Bonchev–Trinajstić information content (AvgIpc) is 1.58. The molecule has 1 aliphatic rings. The Kier molecular flexibility index (Phi) is 16.8. The summed E-state index contributed by atoms with van der Waals surface area (Å²) >= 11 is 1.87. The summed E-state index contributed by atoms with van der Waals surface area (Å²) in [5.41, 5.74) is 24.5. The third-order valence-electron chi connectivity index (χ3n) is 22.4. The van der Waals surface area contributed by atoms with Crippen LogP contribution < -0.4 is 0 Å². The Morgan fingerprint density at radius 1 is 0.246 bits per heavy atom. The topological polar surface area (TPSA) is 147 Å². The van der Waals surface area contributed by atoms with Crippen molar-refractivity contribution in [2.24, 2.45) is 0 Å². The van der Waals surface area contributed by atoms with E-state index in [1.54, 1.807) is 24.5 Å². The van der Waals surface area contributed by atoms with E-state index < -0.39 is 9.84 Å². The Labute approximate surface area is 682 Å². The number of fused-ring (bicyclic) bond motifs is 13. The molecule has 14 heteroatoms. The fourth-order valence-corrected chi connectivity index (χ4v) is 19.7. The zero-order valence-electron chi connectivity index (χ0n) is 63.1. The molecule has 0 bridgehead atoms. The highest BCUT2D eigenvalue weighted by atomic mass is 32.2. The number of pyridine rings is 3. The summed E-state index contributed by atoms with van der Waals surface area (Å²) < 4.78 is 34.4. The summed E-state index contributed by atoms with van der Waals surface area (Å²) in [6, 6.07) is 127. The molecule has 554 valence electrons. The fourth-order valence-electron chi connectivity index (χ4n) is 16.8. The molecule has 12 nitrogen and oxygen atoms in total. The van der Waals surface area contributed by atoms with Gasteiger partial charge in [-0.15, -0.1) is 11.3 Å². The molecule has 0 N–H and O–H groups in total. The SMILES string of the molecule is O=S1(=O)c2ccccc2-c2ccc(-c3cccc(-n4c5ccccc5c5cc(-c6ccc(-c7nc(-c8ccccn8)nc(-c8ccccn8)n7)cc6)ccc54)c3)cc21.c1ccc(-c2cc(-c3cccc4cccnc34)nc(-c3cccc(-c4ccc5c(c4)c4ccccc4n5-c4ccc(-c5cccc6c5sc5ccccc56)cc4)c3)n2)cc1. The zero-order chi connectivity index (χ0) is 78.4. The van der Waals surface area contributed by atoms with Crippen molar-refractivity contribution < 1.29 is 8.42 Å². The van der Waals surface area contributed by atoms with Crippen LogP contribution in [-0.2, 0) is 9.84 Å². The minimum Gasteiger partial charge on any atom is -0.309 e. The lowest BCUT2D eigenvalue weighted by molar-refractivity contribution is 0.598. The van der Waals surface area contributed by atoms with Crippen molar-refractivity contribution in [1.82, 2.24) is 49.0 Å². The molecule has 0 fully saturated rings. The summed E-state index contributed by atoms with van der Waals surface area (Å²) in [6.45, 7) is 0. The second kappa shape index (κ2) is 28.6. The van der Waals surface area contributed by atoms with Crippen LogP contribution in [0.25, 0.3) is 210 Å². The van der Waals surface area contributed by atoms with Gasteiger partial charge in [-0.05, 0) is 166 Å². The van der Waals surface area contributed by atoms with E-state index in [9.17, 15) is 8.42 Å². The van der Waals surface area contributed by atoms with E-state index in [-0.39, 0.29) is 0 Å². The van der Waals surface area contributed by atoms with E-state index in [1.807, 2.05) is 133 Å². The first kappa shape index (κ1) is 69.4. The Bertz CT molecular complexity index is 7820. The van der Waals surface area contributed by atoms with E-state index in [4.69, 9.17) is 29.9 Å². The maximum Gasteiger partial charge on any atom is 0.207 e. The van der Waals surface area contributed by atoms with Gasteiger partial charge in [0.15, 0.2) is 23.3 Å². The number of aromatic nitrogens is 10.